The molecule has 0 saturated carbocycles. The molecule has 2 rings (SSSR count). The van der Waals surface area contributed by atoms with Crippen molar-refractivity contribution >= 4 is 5.91 Å². The molecule has 1 heterocycles. The maximum atomic E-state index is 11.3. The van der Waals surface area contributed by atoms with E-state index in [1.54, 1.807) is 6.07 Å². The fourth-order valence-electron chi connectivity index (χ4n) is 2.30. The Bertz CT molecular complexity index is 401. The number of primary amides is 1. The number of benzene rings is 1. The first-order chi connectivity index (χ1) is 8.77. The highest BCUT2D eigenvalue weighted by Gasteiger charge is 2.11. The number of rotatable bonds is 5. The lowest BCUT2D eigenvalue weighted by atomic mass is 10.0. The molecule has 1 amide bonds. The monoisotopic (exact) mass is 248 g/mol. The molecule has 18 heavy (non-hydrogen) atoms. The average Bonchev–Trinajstić information content (AvgIpc) is 2.40. The van der Waals surface area contributed by atoms with Crippen molar-refractivity contribution in [1.29, 1.82) is 0 Å². The van der Waals surface area contributed by atoms with E-state index in [0.29, 0.717) is 5.56 Å². The molecular formula is C14H20N2O2. The molecule has 1 aromatic rings. The van der Waals surface area contributed by atoms with Crippen molar-refractivity contribution in [2.75, 3.05) is 32.8 Å². The third-order valence-corrected chi connectivity index (χ3v) is 3.31. The van der Waals surface area contributed by atoms with Gasteiger partial charge in [0.15, 0.2) is 0 Å². The molecule has 0 radical (unpaired) electrons. The maximum Gasteiger partial charge on any atom is 0.248 e. The number of aryl methyl sites for hydroxylation is 1. The van der Waals surface area contributed by atoms with Crippen molar-refractivity contribution in [3.63, 3.8) is 0 Å². The van der Waals surface area contributed by atoms with Crippen LogP contribution in [0.4, 0.5) is 0 Å². The highest BCUT2D eigenvalue weighted by atomic mass is 16.5. The smallest absolute Gasteiger partial charge is 0.248 e. The molecule has 1 aliphatic rings. The molecule has 1 aromatic carbocycles. The van der Waals surface area contributed by atoms with Crippen LogP contribution in [0.25, 0.3) is 0 Å². The molecule has 0 bridgehead atoms. The lowest BCUT2D eigenvalue weighted by Crippen LogP contribution is -2.37. The fourth-order valence-corrected chi connectivity index (χ4v) is 2.30. The van der Waals surface area contributed by atoms with Crippen molar-refractivity contribution < 1.29 is 9.53 Å². The first-order valence-corrected chi connectivity index (χ1v) is 6.45. The van der Waals surface area contributed by atoms with Crippen molar-refractivity contribution in [2.45, 2.75) is 12.8 Å². The lowest BCUT2D eigenvalue weighted by Gasteiger charge is -2.26. The zero-order valence-electron chi connectivity index (χ0n) is 10.6. The minimum atomic E-state index is -0.336. The number of carbonyl (C=O) groups is 1. The van der Waals surface area contributed by atoms with Crippen LogP contribution in [0, 0.1) is 0 Å². The predicted molar refractivity (Wildman–Crippen MR) is 70.5 cm³/mol. The van der Waals surface area contributed by atoms with Gasteiger partial charge in [-0.3, -0.25) is 9.69 Å². The number of ether oxygens (including phenoxy) is 1. The number of carbonyl (C=O) groups excluding carboxylic acids is 1. The average molecular weight is 248 g/mol. The molecule has 1 fully saturated rings. The van der Waals surface area contributed by atoms with E-state index < -0.39 is 0 Å². The van der Waals surface area contributed by atoms with E-state index in [9.17, 15) is 4.79 Å². The van der Waals surface area contributed by atoms with Crippen molar-refractivity contribution in [2.24, 2.45) is 5.73 Å². The van der Waals surface area contributed by atoms with Gasteiger partial charge in [-0.05, 0) is 31.0 Å². The standard InChI is InChI=1S/C14H20N2O2/c15-14(17)13-6-2-1-4-12(13)5-3-7-16-8-10-18-11-9-16/h1-2,4,6H,3,5,7-11H2,(H2,15,17). The molecule has 0 spiro atoms. The first-order valence-electron chi connectivity index (χ1n) is 6.45. The minimum Gasteiger partial charge on any atom is -0.379 e. The van der Waals surface area contributed by atoms with E-state index in [-0.39, 0.29) is 5.91 Å². The molecule has 1 aliphatic heterocycles. The molecule has 4 heteroatoms. The van der Waals surface area contributed by atoms with Gasteiger partial charge in [-0.2, -0.15) is 0 Å². The van der Waals surface area contributed by atoms with Crippen LogP contribution in [0.2, 0.25) is 0 Å². The Hall–Kier alpha value is -1.39. The van der Waals surface area contributed by atoms with Gasteiger partial charge in [0.05, 0.1) is 13.2 Å². The summed E-state index contributed by atoms with van der Waals surface area (Å²) in [4.78, 5) is 13.7. The van der Waals surface area contributed by atoms with Crippen LogP contribution in [-0.4, -0.2) is 43.7 Å². The van der Waals surface area contributed by atoms with Gasteiger partial charge in [-0.15, -0.1) is 0 Å². The second-order valence-corrected chi connectivity index (χ2v) is 4.58. The van der Waals surface area contributed by atoms with Crippen LogP contribution >= 0.6 is 0 Å². The van der Waals surface area contributed by atoms with Crippen LogP contribution < -0.4 is 5.73 Å². The van der Waals surface area contributed by atoms with Gasteiger partial charge in [0.2, 0.25) is 5.91 Å². The highest BCUT2D eigenvalue weighted by molar-refractivity contribution is 5.94. The van der Waals surface area contributed by atoms with E-state index in [1.165, 1.54) is 0 Å². The summed E-state index contributed by atoms with van der Waals surface area (Å²) in [6.45, 7) is 4.74. The Kier molecular flexibility index (Phi) is 4.73. The summed E-state index contributed by atoms with van der Waals surface area (Å²) < 4.78 is 5.31. The van der Waals surface area contributed by atoms with E-state index >= 15 is 0 Å². The van der Waals surface area contributed by atoms with Gasteiger partial charge in [-0.25, -0.2) is 0 Å². The molecule has 2 N–H and O–H groups in total. The second-order valence-electron chi connectivity index (χ2n) is 4.58. The van der Waals surface area contributed by atoms with Crippen LogP contribution in [-0.2, 0) is 11.2 Å². The normalized spacial score (nSPS) is 16.7. The van der Waals surface area contributed by atoms with Crippen molar-refractivity contribution in [1.82, 2.24) is 4.90 Å². The summed E-state index contributed by atoms with van der Waals surface area (Å²) in [7, 11) is 0. The van der Waals surface area contributed by atoms with Crippen LogP contribution in [0.15, 0.2) is 24.3 Å². The van der Waals surface area contributed by atoms with Gasteiger partial charge >= 0.3 is 0 Å². The summed E-state index contributed by atoms with van der Waals surface area (Å²) >= 11 is 0. The third-order valence-electron chi connectivity index (χ3n) is 3.31. The number of nitrogens with two attached hydrogens (primary N) is 1. The molecule has 0 unspecified atom stereocenters. The SMILES string of the molecule is NC(=O)c1ccccc1CCCN1CCOCC1. The molecule has 98 valence electrons. The van der Waals surface area contributed by atoms with E-state index in [2.05, 4.69) is 4.90 Å². The number of morpholine rings is 1. The molecule has 4 nitrogen and oxygen atoms in total. The second kappa shape index (κ2) is 6.52. The Morgan fingerprint density at radius 2 is 2.00 bits per heavy atom. The van der Waals surface area contributed by atoms with Gasteiger partial charge in [0.25, 0.3) is 0 Å². The first kappa shape index (κ1) is 13.1. The summed E-state index contributed by atoms with van der Waals surface area (Å²) in [5, 5.41) is 0. The maximum absolute atomic E-state index is 11.3. The molecular weight excluding hydrogens is 228 g/mol. The summed E-state index contributed by atoms with van der Waals surface area (Å²) in [6, 6.07) is 7.59. The summed E-state index contributed by atoms with van der Waals surface area (Å²) in [5.74, 6) is -0.336. The summed E-state index contributed by atoms with van der Waals surface area (Å²) in [6.07, 6.45) is 1.95. The Morgan fingerprint density at radius 3 is 2.72 bits per heavy atom. The van der Waals surface area contributed by atoms with Gasteiger partial charge in [0, 0.05) is 18.7 Å². The Morgan fingerprint density at radius 1 is 1.28 bits per heavy atom. The number of amides is 1. The van der Waals surface area contributed by atoms with Crippen LogP contribution in [0.1, 0.15) is 22.3 Å². The van der Waals surface area contributed by atoms with Crippen LogP contribution in [0.5, 0.6) is 0 Å². The predicted octanol–water partition coefficient (Wildman–Crippen LogP) is 1.05. The van der Waals surface area contributed by atoms with E-state index in [1.807, 2.05) is 18.2 Å². The zero-order valence-corrected chi connectivity index (χ0v) is 10.6. The van der Waals surface area contributed by atoms with Crippen molar-refractivity contribution in [3.05, 3.63) is 35.4 Å². The largest absolute Gasteiger partial charge is 0.379 e. The van der Waals surface area contributed by atoms with Crippen molar-refractivity contribution in [3.8, 4) is 0 Å². The number of hydrogen-bond donors (Lipinski definition) is 1. The molecule has 0 atom stereocenters. The molecule has 1 saturated heterocycles. The van der Waals surface area contributed by atoms with Gasteiger partial charge < -0.3 is 10.5 Å². The zero-order chi connectivity index (χ0) is 12.8. The van der Waals surface area contributed by atoms with Crippen LogP contribution in [0.3, 0.4) is 0 Å². The van der Waals surface area contributed by atoms with E-state index in [0.717, 1.165) is 51.3 Å². The Labute approximate surface area is 108 Å². The lowest BCUT2D eigenvalue weighted by molar-refractivity contribution is 0.0374. The number of hydrogen-bond acceptors (Lipinski definition) is 3. The quantitative estimate of drug-likeness (QED) is 0.847. The third kappa shape index (κ3) is 3.55. The molecule has 0 aliphatic carbocycles. The minimum absolute atomic E-state index is 0.336. The fraction of sp³-hybridized carbons (Fsp3) is 0.500. The number of nitrogens with zero attached hydrogens (tertiary/aromatic N) is 1. The highest BCUT2D eigenvalue weighted by Crippen LogP contribution is 2.11. The van der Waals surface area contributed by atoms with Gasteiger partial charge in [0.1, 0.15) is 0 Å². The topological polar surface area (TPSA) is 55.6 Å². The van der Waals surface area contributed by atoms with E-state index in [4.69, 9.17) is 10.5 Å². The summed E-state index contributed by atoms with van der Waals surface area (Å²) in [5.41, 5.74) is 7.07. The molecule has 0 aromatic heterocycles. The van der Waals surface area contributed by atoms with Gasteiger partial charge in [-0.1, -0.05) is 18.2 Å². The Balaban J connectivity index is 1.84.